The molecule has 7 rings (SSSR count). The zero-order chi connectivity index (χ0) is 37.8. The molecule has 8 heteroatoms. The van der Waals surface area contributed by atoms with Crippen LogP contribution in [0.25, 0.3) is 21.9 Å². The maximum absolute atomic E-state index is 12.7. The number of benzene rings is 2. The van der Waals surface area contributed by atoms with Crippen molar-refractivity contribution in [3.8, 4) is 0 Å². The molecule has 4 aliphatic rings. The minimum Gasteiger partial charge on any atom is -0.469 e. The van der Waals surface area contributed by atoms with Gasteiger partial charge in [0.05, 0.1) is 26.2 Å². The Bertz CT molecular complexity index is 1790. The molecule has 4 fully saturated rings. The van der Waals surface area contributed by atoms with Crippen LogP contribution in [0.5, 0.6) is 0 Å². The second kappa shape index (κ2) is 15.1. The van der Waals surface area contributed by atoms with Crippen LogP contribution in [0.4, 0.5) is 0 Å². The minimum absolute atomic E-state index is 0.00542. The molecule has 1 aromatic heterocycles. The van der Waals surface area contributed by atoms with E-state index in [0.29, 0.717) is 53.8 Å². The Hall–Kier alpha value is -2.76. The topological polar surface area (TPSA) is 88.1 Å². The third kappa shape index (κ3) is 6.90. The lowest BCUT2D eigenvalue weighted by Gasteiger charge is -2.62. The maximum Gasteiger partial charge on any atom is 0.387 e. The summed E-state index contributed by atoms with van der Waals surface area (Å²) in [4.78, 5) is 25.0. The Morgan fingerprint density at radius 3 is 2.04 bits per heavy atom. The molecule has 0 N–H and O–H groups in total. The van der Waals surface area contributed by atoms with Gasteiger partial charge < -0.3 is 17.9 Å². The van der Waals surface area contributed by atoms with Crippen molar-refractivity contribution in [1.29, 1.82) is 0 Å². The minimum atomic E-state index is -1.77. The van der Waals surface area contributed by atoms with Gasteiger partial charge in [-0.1, -0.05) is 60.6 Å². The molecule has 7 nitrogen and oxygen atoms in total. The number of hydrogen-bond acceptors (Lipinski definition) is 7. The fourth-order valence-corrected chi connectivity index (χ4v) is 13.3. The van der Waals surface area contributed by atoms with Crippen LogP contribution in [0, 0.1) is 52.3 Å². The number of hydrogen-bond donors (Lipinski definition) is 0. The molecule has 0 aliphatic heterocycles. The summed E-state index contributed by atoms with van der Waals surface area (Å²) < 4.78 is 31.5. The Morgan fingerprint density at radius 2 is 1.45 bits per heavy atom. The van der Waals surface area contributed by atoms with E-state index in [1.807, 2.05) is 0 Å². The molecule has 0 bridgehead atoms. The smallest absolute Gasteiger partial charge is 0.387 e. The predicted molar refractivity (Wildman–Crippen MR) is 211 cm³/mol. The van der Waals surface area contributed by atoms with Gasteiger partial charge in [-0.2, -0.15) is 0 Å². The second-order valence-electron chi connectivity index (χ2n) is 18.3. The van der Waals surface area contributed by atoms with E-state index >= 15 is 0 Å². The summed E-state index contributed by atoms with van der Waals surface area (Å²) in [6, 6.07) is 13.1. The monoisotopic (exact) mass is 746 g/mol. The van der Waals surface area contributed by atoms with Gasteiger partial charge in [-0.25, -0.2) is 0 Å². The van der Waals surface area contributed by atoms with Crippen molar-refractivity contribution in [3.63, 3.8) is 0 Å². The van der Waals surface area contributed by atoms with Crippen molar-refractivity contribution in [2.75, 3.05) is 14.2 Å². The van der Waals surface area contributed by atoms with Gasteiger partial charge >= 0.3 is 20.2 Å². The third-order valence-corrected chi connectivity index (χ3v) is 16.4. The van der Waals surface area contributed by atoms with Crippen LogP contribution < -0.4 is 4.52 Å². The highest BCUT2D eigenvalue weighted by molar-refractivity contribution is 7.31. The molecule has 4 aliphatic carbocycles. The highest BCUT2D eigenvalue weighted by Crippen LogP contribution is 2.69. The first-order chi connectivity index (χ1) is 25.3. The number of ether oxygens (including phenoxy) is 2. The van der Waals surface area contributed by atoms with Crippen molar-refractivity contribution < 1.29 is 32.0 Å². The molecule has 0 saturated heterocycles. The maximum atomic E-state index is 12.7. The number of esters is 2. The summed E-state index contributed by atoms with van der Waals surface area (Å²) in [5, 5.41) is 2.13. The van der Waals surface area contributed by atoms with Gasteiger partial charge in [-0.3, -0.25) is 14.1 Å². The molecule has 290 valence electrons. The summed E-state index contributed by atoms with van der Waals surface area (Å²) >= 11 is 0. The Labute approximate surface area is 317 Å². The number of carbonyl (C=O) groups is 2. The van der Waals surface area contributed by atoms with Crippen molar-refractivity contribution in [2.45, 2.75) is 131 Å². The fraction of sp³-hybridized carbons (Fsp3) is 0.689. The largest absolute Gasteiger partial charge is 0.469 e. The number of rotatable bonds is 9. The highest BCUT2D eigenvalue weighted by Gasteiger charge is 2.65. The first-order valence-corrected chi connectivity index (χ1v) is 21.6. The lowest BCUT2D eigenvalue weighted by atomic mass is 9.43. The van der Waals surface area contributed by atoms with E-state index in [1.54, 1.807) is 0 Å². The Kier molecular flexibility index (Phi) is 10.9. The first kappa shape index (κ1) is 38.5. The number of fused-ring (bicyclic) bond motifs is 8. The lowest BCUT2D eigenvalue weighted by molar-refractivity contribution is -0.167. The summed E-state index contributed by atoms with van der Waals surface area (Å²) in [6.45, 7) is 16.3. The zero-order valence-corrected chi connectivity index (χ0v) is 34.5. The van der Waals surface area contributed by atoms with E-state index in [1.165, 1.54) is 44.6 Å². The van der Waals surface area contributed by atoms with Gasteiger partial charge in [0.25, 0.3) is 0 Å². The van der Waals surface area contributed by atoms with E-state index in [-0.39, 0.29) is 34.8 Å². The number of carbonyl (C=O) groups excluding carboxylic acids is 2. The Morgan fingerprint density at radius 1 is 0.811 bits per heavy atom. The van der Waals surface area contributed by atoms with Crippen molar-refractivity contribution in [3.05, 3.63) is 47.5 Å². The van der Waals surface area contributed by atoms with Crippen LogP contribution in [-0.2, 0) is 19.1 Å². The van der Waals surface area contributed by atoms with E-state index in [0.717, 1.165) is 60.5 Å². The summed E-state index contributed by atoms with van der Waals surface area (Å²) in [5.74, 6) is 3.48. The van der Waals surface area contributed by atoms with Gasteiger partial charge in [-0.15, -0.1) is 0 Å². The van der Waals surface area contributed by atoms with E-state index in [9.17, 15) is 9.59 Å². The second-order valence-corrected chi connectivity index (χ2v) is 19.4. The molecular formula is C45H63O7P. The molecule has 10 atom stereocenters. The molecule has 0 spiro atoms. The van der Waals surface area contributed by atoms with Gasteiger partial charge in [0.15, 0.2) is 0 Å². The Balaban J connectivity index is 1.32. The fourth-order valence-electron chi connectivity index (χ4n) is 12.1. The van der Waals surface area contributed by atoms with Crippen LogP contribution >= 0.6 is 8.24 Å². The normalized spacial score (nSPS) is 33.0. The van der Waals surface area contributed by atoms with Crippen LogP contribution in [0.15, 0.2) is 44.8 Å². The first-order valence-electron chi connectivity index (χ1n) is 20.5. The van der Waals surface area contributed by atoms with Gasteiger partial charge in [0.2, 0.25) is 0 Å². The molecule has 0 radical (unpaired) electrons. The lowest BCUT2D eigenvalue weighted by Crippen LogP contribution is -2.60. The van der Waals surface area contributed by atoms with Crippen LogP contribution in [0.2, 0.25) is 0 Å². The predicted octanol–water partition coefficient (Wildman–Crippen LogP) is 12.0. The molecule has 3 aromatic rings. The van der Waals surface area contributed by atoms with Crippen LogP contribution in [-0.4, -0.2) is 32.3 Å². The van der Waals surface area contributed by atoms with E-state index in [2.05, 4.69) is 84.9 Å². The highest BCUT2D eigenvalue weighted by atomic mass is 31.1. The molecule has 0 amide bonds. The van der Waals surface area contributed by atoms with Gasteiger partial charge in [0, 0.05) is 22.6 Å². The molecule has 4 saturated carbocycles. The molecular weight excluding hydrogens is 683 g/mol. The molecule has 1 heterocycles. The van der Waals surface area contributed by atoms with Crippen molar-refractivity contribution in [1.82, 2.24) is 0 Å². The average Bonchev–Trinajstić information content (AvgIpc) is 3.43. The van der Waals surface area contributed by atoms with Crippen LogP contribution in [0.3, 0.4) is 0 Å². The summed E-state index contributed by atoms with van der Waals surface area (Å²) in [7, 11) is 1.24. The van der Waals surface area contributed by atoms with Crippen LogP contribution in [0.1, 0.15) is 136 Å². The van der Waals surface area contributed by atoms with Crippen molar-refractivity contribution in [2.24, 2.45) is 52.3 Å². The van der Waals surface area contributed by atoms with Gasteiger partial charge in [0.1, 0.15) is 11.2 Å². The standard InChI is InChI=1S/C45H63O7P/c1-26(2)29-11-17-39-34(23-29)35-24-30(27(3)4)12-18-40(35)51-53(50-39)52-41-25-38-33(14-13-32-22-31(43(47)49-9)20-21-44(32,38)6)37-16-15-36(45(37,41)7)28(5)10-19-42(46)48-8/h11-12,17-18,23-24,26-28,31-33,36-38,41H,10,13-16,19-22,25H2,1-9H3/t28-,31-,32-,33+,36-,37+,38+,41+,44+,45-/m1/s1. The SMILES string of the molecule is COC(=O)CC[C@@H](C)[C@H]1CC[C@H]2[C@@H]3CC[C@@H]4C[C@H](C(=O)OC)CC[C@]4(C)[C@H]3C[C@H](Op3oc4ccc(C(C)C)cc4c4cc(C(C)C)ccc4o3)[C@]12C. The molecule has 2 aromatic carbocycles. The zero-order valence-electron chi connectivity index (χ0n) is 33.6. The van der Waals surface area contributed by atoms with E-state index in [4.69, 9.17) is 22.4 Å². The molecule has 53 heavy (non-hydrogen) atoms. The third-order valence-electron chi connectivity index (χ3n) is 15.3. The van der Waals surface area contributed by atoms with E-state index < -0.39 is 8.24 Å². The van der Waals surface area contributed by atoms with Gasteiger partial charge in [-0.05, 0) is 146 Å². The quantitative estimate of drug-likeness (QED) is 0.201. The summed E-state index contributed by atoms with van der Waals surface area (Å²) in [6.07, 6.45) is 9.70. The molecule has 0 unspecified atom stereocenters. The summed E-state index contributed by atoms with van der Waals surface area (Å²) in [5.41, 5.74) is 4.21. The van der Waals surface area contributed by atoms with Crippen molar-refractivity contribution >= 4 is 42.1 Å². The number of methoxy groups -OCH3 is 2. The average molecular weight is 747 g/mol.